The number of guanidine groups is 1. The molecular formula is C16H20ClFN4O. The lowest BCUT2D eigenvalue weighted by molar-refractivity contribution is 0.103. The van der Waals surface area contributed by atoms with E-state index in [1.807, 2.05) is 6.92 Å². The Hall–Kier alpha value is -2.47. The van der Waals surface area contributed by atoms with Crippen LogP contribution in [0.15, 0.2) is 41.7 Å². The summed E-state index contributed by atoms with van der Waals surface area (Å²) in [5, 5.41) is 0.0275. The van der Waals surface area contributed by atoms with Crippen LogP contribution in [-0.4, -0.2) is 16.7 Å². The molecule has 1 aromatic carbocycles. The third-order valence-corrected chi connectivity index (χ3v) is 3.64. The standard InChI is InChI=1S/C16H16ClFN4O.2H2/c1-2-12(22-16(19)20)10-5-6-11(17)13(14(10)18)15(23)9-4-3-7-21-8-9;;/h3-8,12H,2H2,1H3,(H4,19,20,22);2*1H/t12-;;/m0../s1. The quantitative estimate of drug-likeness (QED) is 0.496. The lowest BCUT2D eigenvalue weighted by Gasteiger charge is -2.15. The van der Waals surface area contributed by atoms with Gasteiger partial charge in [0.05, 0.1) is 16.6 Å². The highest BCUT2D eigenvalue weighted by atomic mass is 35.5. The second-order valence-corrected chi connectivity index (χ2v) is 5.28. The van der Waals surface area contributed by atoms with Gasteiger partial charge in [0.1, 0.15) is 5.82 Å². The lowest BCUT2D eigenvalue weighted by atomic mass is 9.97. The first kappa shape index (κ1) is 16.9. The Morgan fingerprint density at radius 3 is 2.74 bits per heavy atom. The van der Waals surface area contributed by atoms with Crippen LogP contribution in [-0.2, 0) is 0 Å². The maximum Gasteiger partial charge on any atom is 0.199 e. The molecule has 0 bridgehead atoms. The first-order chi connectivity index (χ1) is 11.0. The minimum atomic E-state index is -0.719. The molecule has 0 radical (unpaired) electrons. The number of aromatic nitrogens is 1. The summed E-state index contributed by atoms with van der Waals surface area (Å²) in [5.41, 5.74) is 11.0. The van der Waals surface area contributed by atoms with Gasteiger partial charge in [0.25, 0.3) is 0 Å². The Bertz CT molecular complexity index is 755. The summed E-state index contributed by atoms with van der Waals surface area (Å²) in [6, 6.07) is 5.51. The molecule has 1 aromatic heterocycles. The molecule has 0 aliphatic heterocycles. The predicted molar refractivity (Wildman–Crippen MR) is 92.1 cm³/mol. The normalized spacial score (nSPS) is 11.8. The molecule has 0 saturated carbocycles. The molecule has 2 rings (SSSR count). The number of rotatable bonds is 5. The number of carbonyl (C=O) groups is 1. The first-order valence-corrected chi connectivity index (χ1v) is 7.34. The molecule has 7 heteroatoms. The van der Waals surface area contributed by atoms with Crippen LogP contribution in [0.2, 0.25) is 5.02 Å². The molecule has 2 aromatic rings. The average Bonchev–Trinajstić information content (AvgIpc) is 2.53. The summed E-state index contributed by atoms with van der Waals surface area (Å²) in [4.78, 5) is 20.4. The van der Waals surface area contributed by atoms with E-state index in [0.29, 0.717) is 6.42 Å². The molecule has 4 N–H and O–H groups in total. The van der Waals surface area contributed by atoms with Crippen molar-refractivity contribution < 1.29 is 12.0 Å². The van der Waals surface area contributed by atoms with Gasteiger partial charge in [-0.1, -0.05) is 24.6 Å². The second kappa shape index (κ2) is 7.19. The Labute approximate surface area is 141 Å². The minimum absolute atomic E-state index is 0. The topological polar surface area (TPSA) is 94.4 Å². The van der Waals surface area contributed by atoms with Crippen molar-refractivity contribution in [3.05, 3.63) is 64.2 Å². The molecule has 0 spiro atoms. The molecule has 1 atom stereocenters. The molecule has 0 aliphatic carbocycles. The van der Waals surface area contributed by atoms with E-state index in [9.17, 15) is 9.18 Å². The number of halogens is 2. The van der Waals surface area contributed by atoms with E-state index < -0.39 is 17.6 Å². The SMILES string of the molecule is CC[C@H](N=C(N)N)c1ccc(Cl)c(C(=O)c2cccnc2)c1F.[HH].[HH]. The van der Waals surface area contributed by atoms with Crippen molar-refractivity contribution in [1.82, 2.24) is 4.98 Å². The Kier molecular flexibility index (Phi) is 5.28. The number of carbonyl (C=O) groups excluding carboxylic acids is 1. The summed E-state index contributed by atoms with van der Waals surface area (Å²) in [6.45, 7) is 1.81. The molecule has 23 heavy (non-hydrogen) atoms. The van der Waals surface area contributed by atoms with Crippen LogP contribution in [0.4, 0.5) is 4.39 Å². The Morgan fingerprint density at radius 2 is 2.17 bits per heavy atom. The fourth-order valence-corrected chi connectivity index (χ4v) is 2.47. The molecule has 124 valence electrons. The van der Waals surface area contributed by atoms with Gasteiger partial charge in [-0.05, 0) is 24.6 Å². The molecule has 1 heterocycles. The van der Waals surface area contributed by atoms with Gasteiger partial charge in [0.15, 0.2) is 11.7 Å². The summed E-state index contributed by atoms with van der Waals surface area (Å²) in [6.07, 6.45) is 3.35. The van der Waals surface area contributed by atoms with E-state index in [1.165, 1.54) is 24.5 Å². The Balaban J connectivity index is 0.00000288. The van der Waals surface area contributed by atoms with E-state index in [2.05, 4.69) is 9.98 Å². The highest BCUT2D eigenvalue weighted by molar-refractivity contribution is 6.35. The summed E-state index contributed by atoms with van der Waals surface area (Å²) in [7, 11) is 0. The number of nitrogens with two attached hydrogens (primary N) is 2. The van der Waals surface area contributed by atoms with Crippen molar-refractivity contribution in [3.63, 3.8) is 0 Å². The van der Waals surface area contributed by atoms with Crippen LogP contribution >= 0.6 is 11.6 Å². The zero-order valence-corrected chi connectivity index (χ0v) is 13.2. The summed E-state index contributed by atoms with van der Waals surface area (Å²) < 4.78 is 14.9. The van der Waals surface area contributed by atoms with Gasteiger partial charge in [-0.25, -0.2) is 9.38 Å². The zero-order valence-electron chi connectivity index (χ0n) is 12.5. The van der Waals surface area contributed by atoms with Gasteiger partial charge < -0.3 is 11.5 Å². The molecule has 0 unspecified atom stereocenters. The number of aliphatic imine (C=N–C) groups is 1. The van der Waals surface area contributed by atoms with Crippen LogP contribution in [0.1, 0.15) is 43.7 Å². The van der Waals surface area contributed by atoms with E-state index in [4.69, 9.17) is 23.1 Å². The maximum atomic E-state index is 14.9. The van der Waals surface area contributed by atoms with Crippen LogP contribution in [0.25, 0.3) is 0 Å². The summed E-state index contributed by atoms with van der Waals surface area (Å²) >= 11 is 6.03. The van der Waals surface area contributed by atoms with Gasteiger partial charge in [-0.15, -0.1) is 0 Å². The highest BCUT2D eigenvalue weighted by Crippen LogP contribution is 2.31. The van der Waals surface area contributed by atoms with Crippen molar-refractivity contribution in [1.29, 1.82) is 0 Å². The first-order valence-electron chi connectivity index (χ1n) is 6.97. The minimum Gasteiger partial charge on any atom is -0.370 e. The third-order valence-electron chi connectivity index (χ3n) is 3.32. The number of nitrogens with zero attached hydrogens (tertiary/aromatic N) is 2. The van der Waals surface area contributed by atoms with Gasteiger partial charge in [0, 0.05) is 26.4 Å². The van der Waals surface area contributed by atoms with Crippen molar-refractivity contribution >= 4 is 23.3 Å². The molecule has 0 aliphatic rings. The highest BCUT2D eigenvalue weighted by Gasteiger charge is 2.24. The lowest BCUT2D eigenvalue weighted by Crippen LogP contribution is -2.24. The van der Waals surface area contributed by atoms with E-state index >= 15 is 0 Å². The van der Waals surface area contributed by atoms with Crippen LogP contribution < -0.4 is 11.5 Å². The number of pyridine rings is 1. The van der Waals surface area contributed by atoms with Crippen molar-refractivity contribution in [2.24, 2.45) is 16.5 Å². The fourth-order valence-electron chi connectivity index (χ4n) is 2.24. The van der Waals surface area contributed by atoms with Crippen LogP contribution in [0.5, 0.6) is 0 Å². The zero-order chi connectivity index (χ0) is 17.0. The van der Waals surface area contributed by atoms with Gasteiger partial charge >= 0.3 is 0 Å². The number of ketones is 1. The monoisotopic (exact) mass is 338 g/mol. The van der Waals surface area contributed by atoms with E-state index in [1.54, 1.807) is 12.1 Å². The second-order valence-electron chi connectivity index (χ2n) is 4.87. The predicted octanol–water partition coefficient (Wildman–Crippen LogP) is 3.32. The van der Waals surface area contributed by atoms with Gasteiger partial charge in [-0.3, -0.25) is 9.78 Å². The molecule has 5 nitrogen and oxygen atoms in total. The maximum absolute atomic E-state index is 14.9. The molecule has 0 saturated heterocycles. The van der Waals surface area contributed by atoms with Crippen molar-refractivity contribution in [2.75, 3.05) is 0 Å². The van der Waals surface area contributed by atoms with Crippen molar-refractivity contribution in [2.45, 2.75) is 19.4 Å². The van der Waals surface area contributed by atoms with Crippen LogP contribution in [0, 0.1) is 5.82 Å². The molecule has 0 amide bonds. The van der Waals surface area contributed by atoms with Gasteiger partial charge in [0.2, 0.25) is 0 Å². The molecular weight excluding hydrogens is 319 g/mol. The number of benzene rings is 1. The average molecular weight is 339 g/mol. The van der Waals surface area contributed by atoms with E-state index in [-0.39, 0.29) is 30.5 Å². The third kappa shape index (κ3) is 3.65. The number of hydrogen-bond donors (Lipinski definition) is 2. The fraction of sp³-hybridized carbons (Fsp3) is 0.188. The van der Waals surface area contributed by atoms with Crippen LogP contribution in [0.3, 0.4) is 0 Å². The largest absolute Gasteiger partial charge is 0.370 e. The smallest absolute Gasteiger partial charge is 0.199 e. The summed E-state index contributed by atoms with van der Waals surface area (Å²) in [5.74, 6) is -1.41. The van der Waals surface area contributed by atoms with Crippen molar-refractivity contribution in [3.8, 4) is 0 Å². The molecule has 0 fully saturated rings. The number of hydrogen-bond acceptors (Lipinski definition) is 3. The van der Waals surface area contributed by atoms with Gasteiger partial charge in [-0.2, -0.15) is 0 Å². The Morgan fingerprint density at radius 1 is 1.43 bits per heavy atom. The van der Waals surface area contributed by atoms with E-state index in [0.717, 1.165) is 0 Å².